The standard InChI is InChI=1S/C36H50N4O6/c41-29-31(43)39(9-5-35-17-23-11-24(18-35)13-25(12-23)19-35)33(45)37(29)7-3-1-2-4-8-38-30(42)32(44)40(34(38)46)10-6-36-20-26-14-27(21-36)16-28(15-26)22-36/h23-28H,1-22H2. The molecule has 250 valence electrons. The van der Waals surface area contributed by atoms with E-state index in [-0.39, 0.29) is 23.9 Å². The summed E-state index contributed by atoms with van der Waals surface area (Å²) in [6.45, 7) is 1.05. The van der Waals surface area contributed by atoms with Crippen molar-refractivity contribution in [3.63, 3.8) is 0 Å². The third-order valence-electron chi connectivity index (χ3n) is 13.8. The van der Waals surface area contributed by atoms with Gasteiger partial charge in [0.15, 0.2) is 0 Å². The highest BCUT2D eigenvalue weighted by Gasteiger charge is 2.53. The Bertz CT molecular complexity index is 1170. The van der Waals surface area contributed by atoms with Gasteiger partial charge in [0.25, 0.3) is 0 Å². The minimum atomic E-state index is -0.726. The van der Waals surface area contributed by atoms with Gasteiger partial charge in [-0.1, -0.05) is 12.8 Å². The van der Waals surface area contributed by atoms with Gasteiger partial charge in [0, 0.05) is 26.2 Å². The van der Waals surface area contributed by atoms with E-state index in [4.69, 9.17) is 0 Å². The van der Waals surface area contributed by atoms with Crippen LogP contribution in [0.3, 0.4) is 0 Å². The van der Waals surface area contributed by atoms with E-state index in [1.54, 1.807) is 0 Å². The third-order valence-corrected chi connectivity index (χ3v) is 13.8. The average molecular weight is 635 g/mol. The molecule has 10 heteroatoms. The summed E-state index contributed by atoms with van der Waals surface area (Å²) in [4.78, 5) is 81.7. The van der Waals surface area contributed by atoms with Crippen molar-refractivity contribution in [1.82, 2.24) is 19.6 Å². The van der Waals surface area contributed by atoms with Gasteiger partial charge in [-0.05, 0) is 149 Å². The van der Waals surface area contributed by atoms with Crippen LogP contribution in [0.15, 0.2) is 0 Å². The van der Waals surface area contributed by atoms with Crippen molar-refractivity contribution < 1.29 is 28.8 Å². The van der Waals surface area contributed by atoms with Crippen LogP contribution < -0.4 is 0 Å². The van der Waals surface area contributed by atoms with Crippen LogP contribution >= 0.6 is 0 Å². The fourth-order valence-electron chi connectivity index (χ4n) is 12.7. The Morgan fingerprint density at radius 2 is 0.652 bits per heavy atom. The van der Waals surface area contributed by atoms with Crippen molar-refractivity contribution in [2.75, 3.05) is 26.2 Å². The van der Waals surface area contributed by atoms with Gasteiger partial charge in [-0.3, -0.25) is 38.8 Å². The number of carbonyl (C=O) groups is 6. The lowest BCUT2D eigenvalue weighted by atomic mass is 9.49. The highest BCUT2D eigenvalue weighted by atomic mass is 16.2. The van der Waals surface area contributed by atoms with Crippen molar-refractivity contribution in [2.45, 2.75) is 116 Å². The molecule has 2 saturated heterocycles. The van der Waals surface area contributed by atoms with Crippen LogP contribution in [0.1, 0.15) is 116 Å². The summed E-state index contributed by atoms with van der Waals surface area (Å²) in [5.74, 6) is 1.94. The predicted molar refractivity (Wildman–Crippen MR) is 167 cm³/mol. The Morgan fingerprint density at radius 3 is 0.935 bits per heavy atom. The minimum absolute atomic E-state index is 0.190. The molecule has 0 aromatic rings. The maximum atomic E-state index is 13.1. The molecule has 8 aliphatic carbocycles. The summed E-state index contributed by atoms with van der Waals surface area (Å²) in [6, 6.07) is -0.972. The lowest BCUT2D eigenvalue weighted by Gasteiger charge is -2.57. The molecule has 8 amide bonds. The van der Waals surface area contributed by atoms with E-state index in [2.05, 4.69) is 0 Å². The summed E-state index contributed by atoms with van der Waals surface area (Å²) in [6.07, 6.45) is 19.4. The summed E-state index contributed by atoms with van der Waals surface area (Å²) < 4.78 is 0. The zero-order valence-electron chi connectivity index (χ0n) is 27.3. The van der Waals surface area contributed by atoms with Gasteiger partial charge in [0.05, 0.1) is 0 Å². The number of carbonyl (C=O) groups excluding carboxylic acids is 6. The first-order valence-electron chi connectivity index (χ1n) is 18.5. The maximum absolute atomic E-state index is 13.1. The van der Waals surface area contributed by atoms with E-state index in [1.807, 2.05) is 0 Å². The molecule has 46 heavy (non-hydrogen) atoms. The molecule has 0 atom stereocenters. The Morgan fingerprint density at radius 1 is 0.391 bits per heavy atom. The molecule has 2 aliphatic heterocycles. The topological polar surface area (TPSA) is 115 Å². The molecule has 8 saturated carbocycles. The highest BCUT2D eigenvalue weighted by molar-refractivity contribution is 6.45. The SMILES string of the molecule is O=C1C(=O)N(CCC23CC4CC(CC(C4)C2)C3)C(=O)N1CCCCCCN1C(=O)C(=O)N(CCC23CC4CC(CC(C4)C2)C3)C1=O. The number of unbranched alkanes of at least 4 members (excludes halogenated alkanes) is 3. The third kappa shape index (κ3) is 5.29. The summed E-state index contributed by atoms with van der Waals surface area (Å²) in [5, 5.41) is 0. The molecule has 0 radical (unpaired) electrons. The Kier molecular flexibility index (Phi) is 7.59. The quantitative estimate of drug-likeness (QED) is 0.153. The summed E-state index contributed by atoms with van der Waals surface area (Å²) in [5.41, 5.74) is 0.472. The van der Waals surface area contributed by atoms with Crippen molar-refractivity contribution in [3.8, 4) is 0 Å². The smallest absolute Gasteiger partial charge is 0.263 e. The maximum Gasteiger partial charge on any atom is 0.334 e. The molecule has 0 unspecified atom stereocenters. The normalized spacial score (nSPS) is 39.4. The number of nitrogens with zero attached hydrogens (tertiary/aromatic N) is 4. The molecular weight excluding hydrogens is 584 g/mol. The van der Waals surface area contributed by atoms with Gasteiger partial charge in [0.1, 0.15) is 0 Å². The predicted octanol–water partition coefficient (Wildman–Crippen LogP) is 5.34. The second-order valence-electron chi connectivity index (χ2n) is 17.1. The average Bonchev–Trinajstić information content (AvgIpc) is 3.32. The van der Waals surface area contributed by atoms with Gasteiger partial charge >= 0.3 is 35.7 Å². The molecule has 8 bridgehead atoms. The minimum Gasteiger partial charge on any atom is -0.263 e. The number of hydrogen-bond donors (Lipinski definition) is 0. The van der Waals surface area contributed by atoms with Crippen LogP contribution in [0.4, 0.5) is 9.59 Å². The Labute approximate surface area is 271 Å². The van der Waals surface area contributed by atoms with Gasteiger partial charge in [-0.2, -0.15) is 0 Å². The number of urea groups is 2. The zero-order valence-corrected chi connectivity index (χ0v) is 27.3. The van der Waals surface area contributed by atoms with E-state index in [1.165, 1.54) is 86.8 Å². The highest BCUT2D eigenvalue weighted by Crippen LogP contribution is 2.62. The van der Waals surface area contributed by atoms with Crippen LogP contribution in [0.25, 0.3) is 0 Å². The molecule has 10 aliphatic rings. The molecule has 10 nitrogen and oxygen atoms in total. The molecule has 10 rings (SSSR count). The lowest BCUT2D eigenvalue weighted by Crippen LogP contribution is -2.47. The first-order valence-corrected chi connectivity index (χ1v) is 18.5. The van der Waals surface area contributed by atoms with Crippen molar-refractivity contribution in [1.29, 1.82) is 0 Å². The van der Waals surface area contributed by atoms with E-state index in [0.717, 1.165) is 58.1 Å². The molecule has 0 N–H and O–H groups in total. The largest absolute Gasteiger partial charge is 0.334 e. The number of rotatable bonds is 13. The first kappa shape index (κ1) is 30.5. The summed E-state index contributed by atoms with van der Waals surface area (Å²) in [7, 11) is 0. The van der Waals surface area contributed by atoms with E-state index in [9.17, 15) is 28.8 Å². The van der Waals surface area contributed by atoms with Crippen LogP contribution in [0.5, 0.6) is 0 Å². The van der Waals surface area contributed by atoms with Crippen LogP contribution in [0, 0.1) is 46.3 Å². The Balaban J connectivity index is 0.762. The number of hydrogen-bond acceptors (Lipinski definition) is 6. The van der Waals surface area contributed by atoms with Crippen molar-refractivity contribution in [3.05, 3.63) is 0 Å². The molecule has 0 spiro atoms. The van der Waals surface area contributed by atoms with E-state index >= 15 is 0 Å². The molecule has 0 aromatic heterocycles. The fraction of sp³-hybridized carbons (Fsp3) is 0.833. The zero-order chi connectivity index (χ0) is 31.8. The van der Waals surface area contributed by atoms with Gasteiger partial charge in [-0.15, -0.1) is 0 Å². The molecule has 0 aromatic carbocycles. The van der Waals surface area contributed by atoms with Crippen LogP contribution in [-0.2, 0) is 19.2 Å². The summed E-state index contributed by atoms with van der Waals surface area (Å²) >= 11 is 0. The first-order chi connectivity index (χ1) is 22.1. The Hall–Kier alpha value is -2.78. The van der Waals surface area contributed by atoms with Crippen LogP contribution in [0.2, 0.25) is 0 Å². The lowest BCUT2D eigenvalue weighted by molar-refractivity contribution is -0.143. The fourth-order valence-corrected chi connectivity index (χ4v) is 12.7. The molecular formula is C36H50N4O6. The second kappa shape index (κ2) is 11.4. The molecule has 10 fully saturated rings. The van der Waals surface area contributed by atoms with E-state index in [0.29, 0.717) is 38.8 Å². The van der Waals surface area contributed by atoms with Crippen molar-refractivity contribution in [2.24, 2.45) is 46.3 Å². The number of amides is 8. The molecule has 2 heterocycles. The van der Waals surface area contributed by atoms with E-state index < -0.39 is 35.7 Å². The second-order valence-corrected chi connectivity index (χ2v) is 17.1. The van der Waals surface area contributed by atoms with Crippen LogP contribution in [-0.4, -0.2) is 81.5 Å². The number of imide groups is 4. The van der Waals surface area contributed by atoms with Gasteiger partial charge < -0.3 is 0 Å². The van der Waals surface area contributed by atoms with Crippen molar-refractivity contribution >= 4 is 35.7 Å². The van der Waals surface area contributed by atoms with Gasteiger partial charge in [-0.25, -0.2) is 9.59 Å². The van der Waals surface area contributed by atoms with Gasteiger partial charge in [0.2, 0.25) is 0 Å². The monoisotopic (exact) mass is 634 g/mol.